The summed E-state index contributed by atoms with van der Waals surface area (Å²) in [6.07, 6.45) is 0.525. The quantitative estimate of drug-likeness (QED) is 0.348. The third-order valence-corrected chi connectivity index (χ3v) is 3.67. The first kappa shape index (κ1) is 20.4. The number of hydrogen-bond donors (Lipinski definition) is 1. The van der Waals surface area contributed by atoms with Gasteiger partial charge in [-0.25, -0.2) is 22.4 Å². The number of carbonyl (C=O) groups excluding carboxylic acids is 2. The SMILES string of the molecule is C[C@@H](OC(=O)/C=C/c1c(F)cccc1Cl)C(=O)Nc1ccc(F)c(F)c1F. The van der Waals surface area contributed by atoms with E-state index >= 15 is 0 Å². The van der Waals surface area contributed by atoms with Crippen LogP contribution in [-0.4, -0.2) is 18.0 Å². The number of amides is 1. The standard InChI is InChI=1S/C18H12ClF4NO3/c1-9(18(26)24-14-7-6-13(21)16(22)17(14)23)27-15(25)8-5-10-11(19)3-2-4-12(10)20/h2-9H,1H3,(H,24,26)/b8-5+/t9-/m1/s1. The van der Waals surface area contributed by atoms with Crippen LogP contribution in [0.15, 0.2) is 36.4 Å². The van der Waals surface area contributed by atoms with Crippen LogP contribution in [0.3, 0.4) is 0 Å². The van der Waals surface area contributed by atoms with Gasteiger partial charge >= 0.3 is 5.97 Å². The Bertz CT molecular complexity index is 897. The van der Waals surface area contributed by atoms with Crippen molar-refractivity contribution in [1.82, 2.24) is 0 Å². The molecule has 0 fully saturated rings. The average Bonchev–Trinajstić information content (AvgIpc) is 2.61. The summed E-state index contributed by atoms with van der Waals surface area (Å²) in [6, 6.07) is 5.40. The second-order valence-electron chi connectivity index (χ2n) is 5.26. The summed E-state index contributed by atoms with van der Waals surface area (Å²) in [5.74, 6) is -7.39. The molecule has 1 amide bonds. The predicted octanol–water partition coefficient (Wildman–Crippen LogP) is 4.48. The second kappa shape index (κ2) is 8.68. The minimum absolute atomic E-state index is 0.0444. The Morgan fingerprint density at radius 2 is 1.78 bits per heavy atom. The summed E-state index contributed by atoms with van der Waals surface area (Å²) in [5, 5.41) is 2.04. The number of hydrogen-bond acceptors (Lipinski definition) is 3. The van der Waals surface area contributed by atoms with Crippen molar-refractivity contribution >= 4 is 35.2 Å². The van der Waals surface area contributed by atoms with Crippen molar-refractivity contribution in [3.8, 4) is 0 Å². The summed E-state index contributed by atoms with van der Waals surface area (Å²) >= 11 is 5.80. The topological polar surface area (TPSA) is 55.4 Å². The third-order valence-electron chi connectivity index (χ3n) is 3.34. The van der Waals surface area contributed by atoms with E-state index in [1.807, 2.05) is 5.32 Å². The van der Waals surface area contributed by atoms with E-state index in [1.54, 1.807) is 0 Å². The lowest BCUT2D eigenvalue weighted by molar-refractivity contribution is -0.148. The van der Waals surface area contributed by atoms with Gasteiger partial charge in [0.15, 0.2) is 23.6 Å². The monoisotopic (exact) mass is 401 g/mol. The van der Waals surface area contributed by atoms with E-state index < -0.39 is 46.9 Å². The first-order valence-corrected chi connectivity index (χ1v) is 7.85. The number of nitrogens with one attached hydrogen (secondary N) is 1. The number of rotatable bonds is 5. The van der Waals surface area contributed by atoms with Crippen LogP contribution in [0, 0.1) is 23.3 Å². The van der Waals surface area contributed by atoms with E-state index in [9.17, 15) is 27.2 Å². The van der Waals surface area contributed by atoms with Gasteiger partial charge in [0, 0.05) is 11.6 Å². The smallest absolute Gasteiger partial charge is 0.331 e. The minimum atomic E-state index is -1.75. The summed E-state index contributed by atoms with van der Waals surface area (Å²) in [7, 11) is 0. The van der Waals surface area contributed by atoms with Gasteiger partial charge in [0.1, 0.15) is 5.82 Å². The molecule has 0 aliphatic rings. The molecular weight excluding hydrogens is 390 g/mol. The van der Waals surface area contributed by atoms with Gasteiger partial charge in [-0.1, -0.05) is 17.7 Å². The number of anilines is 1. The number of carbonyl (C=O) groups is 2. The second-order valence-corrected chi connectivity index (χ2v) is 5.67. The molecule has 2 aromatic carbocycles. The maximum atomic E-state index is 13.6. The van der Waals surface area contributed by atoms with Crippen molar-refractivity contribution in [2.75, 3.05) is 5.32 Å². The largest absolute Gasteiger partial charge is 0.449 e. The maximum absolute atomic E-state index is 13.6. The average molecular weight is 402 g/mol. The Morgan fingerprint density at radius 1 is 1.07 bits per heavy atom. The van der Waals surface area contributed by atoms with Gasteiger partial charge in [0.05, 0.1) is 10.7 Å². The molecule has 0 spiro atoms. The molecule has 0 saturated heterocycles. The maximum Gasteiger partial charge on any atom is 0.331 e. The predicted molar refractivity (Wildman–Crippen MR) is 90.9 cm³/mol. The molecule has 2 rings (SSSR count). The summed E-state index contributed by atoms with van der Waals surface area (Å²) in [6.45, 7) is 1.18. The zero-order chi connectivity index (χ0) is 20.1. The van der Waals surface area contributed by atoms with Crippen LogP contribution in [0.4, 0.5) is 23.2 Å². The van der Waals surface area contributed by atoms with Crippen LogP contribution in [-0.2, 0) is 14.3 Å². The number of benzene rings is 2. The molecule has 9 heteroatoms. The van der Waals surface area contributed by atoms with Gasteiger partial charge in [-0.15, -0.1) is 0 Å². The van der Waals surface area contributed by atoms with Crippen LogP contribution in [0.25, 0.3) is 6.08 Å². The molecule has 0 bridgehead atoms. The minimum Gasteiger partial charge on any atom is -0.449 e. The fourth-order valence-corrected chi connectivity index (χ4v) is 2.17. The molecule has 0 radical (unpaired) electrons. The Labute approximate surface area is 156 Å². The highest BCUT2D eigenvalue weighted by atomic mass is 35.5. The molecule has 0 heterocycles. The van der Waals surface area contributed by atoms with Crippen molar-refractivity contribution in [3.63, 3.8) is 0 Å². The van der Waals surface area contributed by atoms with Gasteiger partial charge < -0.3 is 10.1 Å². The number of halogens is 5. The van der Waals surface area contributed by atoms with Crippen LogP contribution < -0.4 is 5.32 Å². The van der Waals surface area contributed by atoms with Crippen LogP contribution >= 0.6 is 11.6 Å². The molecule has 0 aromatic heterocycles. The zero-order valence-corrected chi connectivity index (χ0v) is 14.5. The molecule has 0 saturated carbocycles. The van der Waals surface area contributed by atoms with Gasteiger partial charge in [-0.05, 0) is 37.3 Å². The molecule has 142 valence electrons. The van der Waals surface area contributed by atoms with Crippen molar-refractivity contribution in [2.45, 2.75) is 13.0 Å². The Kier molecular flexibility index (Phi) is 6.57. The molecular formula is C18H12ClF4NO3. The lowest BCUT2D eigenvalue weighted by atomic mass is 10.2. The van der Waals surface area contributed by atoms with Gasteiger partial charge in [-0.2, -0.15) is 0 Å². The van der Waals surface area contributed by atoms with Crippen LogP contribution in [0.1, 0.15) is 12.5 Å². The summed E-state index contributed by atoms with van der Waals surface area (Å²) in [5.41, 5.74) is -0.660. The van der Waals surface area contributed by atoms with E-state index in [1.165, 1.54) is 19.1 Å². The van der Waals surface area contributed by atoms with Gasteiger partial charge in [0.2, 0.25) is 0 Å². The Morgan fingerprint density at radius 3 is 2.44 bits per heavy atom. The number of ether oxygens (including phenoxy) is 1. The summed E-state index contributed by atoms with van der Waals surface area (Å²) < 4.78 is 57.9. The van der Waals surface area contributed by atoms with E-state index in [-0.39, 0.29) is 10.6 Å². The van der Waals surface area contributed by atoms with Crippen molar-refractivity contribution in [3.05, 3.63) is 70.3 Å². The van der Waals surface area contributed by atoms with Crippen molar-refractivity contribution in [2.24, 2.45) is 0 Å². The Hall–Kier alpha value is -2.87. The van der Waals surface area contributed by atoms with Crippen LogP contribution in [0.2, 0.25) is 5.02 Å². The first-order valence-electron chi connectivity index (χ1n) is 7.47. The Balaban J connectivity index is 2.01. The third kappa shape index (κ3) is 5.07. The van der Waals surface area contributed by atoms with Crippen molar-refractivity contribution < 1.29 is 31.9 Å². The van der Waals surface area contributed by atoms with E-state index in [0.29, 0.717) is 6.07 Å². The van der Waals surface area contributed by atoms with Crippen molar-refractivity contribution in [1.29, 1.82) is 0 Å². The van der Waals surface area contributed by atoms with E-state index in [4.69, 9.17) is 16.3 Å². The van der Waals surface area contributed by atoms with E-state index in [0.717, 1.165) is 24.3 Å². The van der Waals surface area contributed by atoms with Crippen LogP contribution in [0.5, 0.6) is 0 Å². The molecule has 1 N–H and O–H groups in total. The highest BCUT2D eigenvalue weighted by molar-refractivity contribution is 6.32. The zero-order valence-electron chi connectivity index (χ0n) is 13.7. The molecule has 27 heavy (non-hydrogen) atoms. The first-order chi connectivity index (χ1) is 12.7. The van der Waals surface area contributed by atoms with E-state index in [2.05, 4.69) is 0 Å². The molecule has 2 aromatic rings. The van der Waals surface area contributed by atoms with Gasteiger partial charge in [0.25, 0.3) is 5.91 Å². The molecule has 0 aliphatic carbocycles. The van der Waals surface area contributed by atoms with Gasteiger partial charge in [-0.3, -0.25) is 4.79 Å². The summed E-state index contributed by atoms with van der Waals surface area (Å²) in [4.78, 5) is 23.6. The molecule has 1 atom stereocenters. The highest BCUT2D eigenvalue weighted by Crippen LogP contribution is 2.21. The molecule has 0 aliphatic heterocycles. The fraction of sp³-hybridized carbons (Fsp3) is 0.111. The normalized spacial score (nSPS) is 12.1. The number of esters is 1. The lowest BCUT2D eigenvalue weighted by Crippen LogP contribution is -2.30. The highest BCUT2D eigenvalue weighted by Gasteiger charge is 2.20. The molecule has 4 nitrogen and oxygen atoms in total. The lowest BCUT2D eigenvalue weighted by Gasteiger charge is -2.13. The fourth-order valence-electron chi connectivity index (χ4n) is 1.95. The molecule has 0 unspecified atom stereocenters.